The van der Waals surface area contributed by atoms with Crippen molar-refractivity contribution in [3.8, 4) is 0 Å². The van der Waals surface area contributed by atoms with Gasteiger partial charge in [-0.05, 0) is 47.3 Å². The Morgan fingerprint density at radius 3 is 2.09 bits per heavy atom. The fourth-order valence-corrected chi connectivity index (χ4v) is 2.98. The molecule has 1 fully saturated rings. The molecule has 1 saturated heterocycles. The summed E-state index contributed by atoms with van der Waals surface area (Å²) in [5.74, 6) is 1.07. The van der Waals surface area contributed by atoms with Gasteiger partial charge in [-0.25, -0.2) is 0 Å². The first kappa shape index (κ1) is 23.0. The maximum atomic E-state index is 4.46. The van der Waals surface area contributed by atoms with Crippen LogP contribution in [0.15, 0.2) is 4.99 Å². The molecule has 138 valence electrons. The van der Waals surface area contributed by atoms with Crippen molar-refractivity contribution in [1.29, 1.82) is 0 Å². The van der Waals surface area contributed by atoms with E-state index in [9.17, 15) is 0 Å². The lowest BCUT2D eigenvalue weighted by molar-refractivity contribution is -0.0667. The van der Waals surface area contributed by atoms with Gasteiger partial charge in [0.2, 0.25) is 0 Å². The predicted octanol–water partition coefficient (Wildman–Crippen LogP) is 3.81. The van der Waals surface area contributed by atoms with Crippen LogP contribution in [0.5, 0.6) is 0 Å². The second-order valence-electron chi connectivity index (χ2n) is 8.07. The third-order valence-electron chi connectivity index (χ3n) is 5.42. The Bertz CT molecular complexity index is 364. The Hall–Kier alpha value is -0.0400. The Morgan fingerprint density at radius 2 is 1.61 bits per heavy atom. The molecule has 1 aliphatic heterocycles. The van der Waals surface area contributed by atoms with Crippen molar-refractivity contribution < 1.29 is 0 Å². The SMILES string of the molecule is CN=C(NCCCCCCCN(C)C)N1CC(C)(C)C1(C)C.I. The highest BCUT2D eigenvalue weighted by Crippen LogP contribution is 2.46. The molecule has 0 bridgehead atoms. The number of halogens is 1. The Labute approximate surface area is 161 Å². The fraction of sp³-hybridized carbons (Fsp3) is 0.944. The normalized spacial score (nSPS) is 19.3. The highest BCUT2D eigenvalue weighted by atomic mass is 127. The molecule has 4 nitrogen and oxygen atoms in total. The molecule has 0 saturated carbocycles. The van der Waals surface area contributed by atoms with Crippen LogP contribution in [0.25, 0.3) is 0 Å². The maximum absolute atomic E-state index is 4.46. The topological polar surface area (TPSA) is 30.9 Å². The molecule has 0 spiro atoms. The van der Waals surface area contributed by atoms with E-state index in [-0.39, 0.29) is 29.5 Å². The van der Waals surface area contributed by atoms with Gasteiger partial charge in [-0.2, -0.15) is 0 Å². The zero-order valence-electron chi connectivity index (χ0n) is 16.4. The van der Waals surface area contributed by atoms with E-state index in [1.165, 1.54) is 38.6 Å². The van der Waals surface area contributed by atoms with Crippen molar-refractivity contribution >= 4 is 29.9 Å². The van der Waals surface area contributed by atoms with Crippen LogP contribution >= 0.6 is 24.0 Å². The molecule has 23 heavy (non-hydrogen) atoms. The summed E-state index contributed by atoms with van der Waals surface area (Å²) in [5.41, 5.74) is 0.540. The first-order chi connectivity index (χ1) is 10.2. The van der Waals surface area contributed by atoms with Gasteiger partial charge in [-0.15, -0.1) is 24.0 Å². The molecular weight excluding hydrogens is 399 g/mol. The van der Waals surface area contributed by atoms with Gasteiger partial charge in [0.05, 0.1) is 0 Å². The summed E-state index contributed by atoms with van der Waals surface area (Å²) < 4.78 is 0. The molecular formula is C18H39IN4. The Kier molecular flexibility index (Phi) is 10.0. The molecule has 1 heterocycles. The highest BCUT2D eigenvalue weighted by molar-refractivity contribution is 14.0. The zero-order chi connectivity index (χ0) is 16.8. The lowest BCUT2D eigenvalue weighted by atomic mass is 9.65. The number of hydrogen-bond acceptors (Lipinski definition) is 2. The lowest BCUT2D eigenvalue weighted by Crippen LogP contribution is -2.72. The van der Waals surface area contributed by atoms with Gasteiger partial charge in [0.15, 0.2) is 5.96 Å². The minimum atomic E-state index is 0. The van der Waals surface area contributed by atoms with Crippen LogP contribution < -0.4 is 5.32 Å². The molecule has 1 rings (SSSR count). The van der Waals surface area contributed by atoms with Crippen molar-refractivity contribution in [3.63, 3.8) is 0 Å². The quantitative estimate of drug-likeness (QED) is 0.271. The Morgan fingerprint density at radius 1 is 1.04 bits per heavy atom. The molecule has 0 aromatic heterocycles. The van der Waals surface area contributed by atoms with Gasteiger partial charge in [0, 0.05) is 31.1 Å². The van der Waals surface area contributed by atoms with E-state index < -0.39 is 0 Å². The van der Waals surface area contributed by atoms with Crippen molar-refractivity contribution in [2.45, 2.75) is 65.3 Å². The summed E-state index contributed by atoms with van der Waals surface area (Å²) in [6.45, 7) is 12.6. The average molecular weight is 438 g/mol. The summed E-state index contributed by atoms with van der Waals surface area (Å²) in [6, 6.07) is 0. The summed E-state index contributed by atoms with van der Waals surface area (Å²) in [7, 11) is 6.19. The first-order valence-corrected chi connectivity index (χ1v) is 8.85. The van der Waals surface area contributed by atoms with Crippen molar-refractivity contribution in [2.24, 2.45) is 10.4 Å². The number of guanidine groups is 1. The van der Waals surface area contributed by atoms with Crippen LogP contribution in [0.3, 0.4) is 0 Å². The van der Waals surface area contributed by atoms with Crippen LogP contribution in [-0.4, -0.2) is 62.1 Å². The number of aliphatic imine (C=N–C) groups is 1. The molecule has 0 aromatic carbocycles. The van der Waals surface area contributed by atoms with E-state index in [0.29, 0.717) is 5.41 Å². The third kappa shape index (κ3) is 6.40. The van der Waals surface area contributed by atoms with Crippen LogP contribution in [0, 0.1) is 5.41 Å². The van der Waals surface area contributed by atoms with E-state index in [0.717, 1.165) is 19.0 Å². The van der Waals surface area contributed by atoms with E-state index in [1.54, 1.807) is 0 Å². The number of rotatable bonds is 8. The Balaban J connectivity index is 0.00000484. The van der Waals surface area contributed by atoms with Gasteiger partial charge < -0.3 is 15.1 Å². The van der Waals surface area contributed by atoms with Gasteiger partial charge in [0.25, 0.3) is 0 Å². The minimum Gasteiger partial charge on any atom is -0.356 e. The number of nitrogens with zero attached hydrogens (tertiary/aromatic N) is 3. The van der Waals surface area contributed by atoms with Crippen molar-refractivity contribution in [2.75, 3.05) is 40.8 Å². The fourth-order valence-electron chi connectivity index (χ4n) is 2.98. The standard InChI is InChI=1S/C18H38N4.HI/c1-17(2)15-22(18(17,3)4)16(19-5)20-13-11-9-8-10-12-14-21(6)7;/h8-15H2,1-7H3,(H,19,20);1H. The monoisotopic (exact) mass is 438 g/mol. The smallest absolute Gasteiger partial charge is 0.194 e. The number of nitrogens with one attached hydrogen (secondary N) is 1. The molecule has 0 atom stereocenters. The largest absolute Gasteiger partial charge is 0.356 e. The molecule has 0 unspecified atom stereocenters. The number of hydrogen-bond donors (Lipinski definition) is 1. The molecule has 0 aromatic rings. The summed E-state index contributed by atoms with van der Waals surface area (Å²) in [5, 5.41) is 3.54. The molecule has 1 N–H and O–H groups in total. The molecule has 1 aliphatic rings. The van der Waals surface area contributed by atoms with Crippen molar-refractivity contribution in [3.05, 3.63) is 0 Å². The molecule has 0 amide bonds. The van der Waals surface area contributed by atoms with E-state index >= 15 is 0 Å². The third-order valence-corrected chi connectivity index (χ3v) is 5.42. The van der Waals surface area contributed by atoms with Crippen molar-refractivity contribution in [1.82, 2.24) is 15.1 Å². The zero-order valence-corrected chi connectivity index (χ0v) is 18.7. The predicted molar refractivity (Wildman–Crippen MR) is 113 cm³/mol. The van der Waals surface area contributed by atoms with Crippen LogP contribution in [-0.2, 0) is 0 Å². The lowest BCUT2D eigenvalue weighted by Gasteiger charge is -2.62. The average Bonchev–Trinajstić information content (AvgIpc) is 2.43. The number of likely N-dealkylation sites (tertiary alicyclic amines) is 1. The van der Waals surface area contributed by atoms with Crippen LogP contribution in [0.1, 0.15) is 59.8 Å². The van der Waals surface area contributed by atoms with E-state index in [2.05, 4.69) is 61.9 Å². The maximum Gasteiger partial charge on any atom is 0.194 e. The van der Waals surface area contributed by atoms with Gasteiger partial charge in [-0.3, -0.25) is 4.99 Å². The summed E-state index contributed by atoms with van der Waals surface area (Å²) in [6.07, 6.45) is 6.56. The van der Waals surface area contributed by atoms with Crippen LogP contribution in [0.4, 0.5) is 0 Å². The van der Waals surface area contributed by atoms with Crippen LogP contribution in [0.2, 0.25) is 0 Å². The second-order valence-corrected chi connectivity index (χ2v) is 8.07. The summed E-state index contributed by atoms with van der Waals surface area (Å²) in [4.78, 5) is 9.14. The first-order valence-electron chi connectivity index (χ1n) is 8.85. The molecule has 5 heteroatoms. The molecule has 0 radical (unpaired) electrons. The summed E-state index contributed by atoms with van der Waals surface area (Å²) >= 11 is 0. The van der Waals surface area contributed by atoms with Gasteiger partial charge in [0.1, 0.15) is 0 Å². The van der Waals surface area contributed by atoms with E-state index in [1.807, 2.05) is 7.05 Å². The van der Waals surface area contributed by atoms with Gasteiger partial charge >= 0.3 is 0 Å². The van der Waals surface area contributed by atoms with E-state index in [4.69, 9.17) is 0 Å². The highest BCUT2D eigenvalue weighted by Gasteiger charge is 2.53. The minimum absolute atomic E-state index is 0. The second kappa shape index (κ2) is 10.1. The number of unbranched alkanes of at least 4 members (excludes halogenated alkanes) is 4. The molecule has 0 aliphatic carbocycles. The van der Waals surface area contributed by atoms with Gasteiger partial charge in [-0.1, -0.05) is 33.1 Å².